The summed E-state index contributed by atoms with van der Waals surface area (Å²) >= 11 is 8.06. The summed E-state index contributed by atoms with van der Waals surface area (Å²) in [5.74, 6) is -1.97. The number of anilines is 1. The van der Waals surface area contributed by atoms with E-state index in [-0.39, 0.29) is 55.3 Å². The predicted molar refractivity (Wildman–Crippen MR) is 133 cm³/mol. The van der Waals surface area contributed by atoms with E-state index < -0.39 is 22.6 Å². The fourth-order valence-corrected chi connectivity index (χ4v) is 8.68. The lowest BCUT2D eigenvalue weighted by molar-refractivity contribution is -0.154. The molecule has 0 aromatic heterocycles. The monoisotopic (exact) mass is 506 g/mol. The van der Waals surface area contributed by atoms with E-state index >= 15 is 0 Å². The van der Waals surface area contributed by atoms with Crippen LogP contribution in [0.15, 0.2) is 36.9 Å². The van der Waals surface area contributed by atoms with Crippen molar-refractivity contribution in [3.05, 3.63) is 41.9 Å². The lowest BCUT2D eigenvalue weighted by atomic mass is 9.66. The Morgan fingerprint density at radius 1 is 1.41 bits per heavy atom. The van der Waals surface area contributed by atoms with Crippen LogP contribution >= 0.6 is 23.4 Å². The Bertz CT molecular complexity index is 990. The van der Waals surface area contributed by atoms with Crippen molar-refractivity contribution in [2.75, 3.05) is 31.2 Å². The summed E-state index contributed by atoms with van der Waals surface area (Å²) in [7, 11) is 0. The lowest BCUT2D eigenvalue weighted by Gasteiger charge is -2.40. The molecule has 1 aromatic rings. The molecule has 4 rings (SSSR count). The molecule has 3 unspecified atom stereocenters. The van der Waals surface area contributed by atoms with Gasteiger partial charge >= 0.3 is 5.97 Å². The van der Waals surface area contributed by atoms with E-state index in [0.717, 1.165) is 6.42 Å². The highest BCUT2D eigenvalue weighted by Crippen LogP contribution is 2.68. The topological polar surface area (TPSA) is 87.2 Å². The number of esters is 1. The number of fused-ring (bicyclic) bond motifs is 1. The highest BCUT2D eigenvalue weighted by molar-refractivity contribution is 8.02. The third-order valence-corrected chi connectivity index (χ3v) is 9.71. The van der Waals surface area contributed by atoms with Crippen molar-refractivity contribution in [1.82, 2.24) is 4.90 Å². The summed E-state index contributed by atoms with van der Waals surface area (Å²) in [5.41, 5.74) is 0.551. The van der Waals surface area contributed by atoms with Gasteiger partial charge in [0.1, 0.15) is 6.04 Å². The molecule has 3 heterocycles. The van der Waals surface area contributed by atoms with Crippen LogP contribution < -0.4 is 4.90 Å². The summed E-state index contributed by atoms with van der Waals surface area (Å²) in [6.45, 7) is 8.24. The van der Waals surface area contributed by atoms with E-state index in [1.54, 1.807) is 52.8 Å². The van der Waals surface area contributed by atoms with Crippen LogP contribution in [0.2, 0.25) is 5.02 Å². The van der Waals surface area contributed by atoms with Crippen molar-refractivity contribution in [1.29, 1.82) is 0 Å². The molecule has 0 radical (unpaired) electrons. The fourth-order valence-electron chi connectivity index (χ4n) is 6.04. The first kappa shape index (κ1) is 25.1. The van der Waals surface area contributed by atoms with Gasteiger partial charge in [-0.25, -0.2) is 0 Å². The van der Waals surface area contributed by atoms with E-state index in [9.17, 15) is 19.5 Å². The summed E-state index contributed by atoms with van der Waals surface area (Å²) in [5, 5.41) is 9.86. The number of aliphatic hydroxyl groups is 1. The summed E-state index contributed by atoms with van der Waals surface area (Å²) in [6, 6.07) is 6.32. The van der Waals surface area contributed by atoms with E-state index in [2.05, 4.69) is 13.5 Å². The third kappa shape index (κ3) is 3.74. The Kier molecular flexibility index (Phi) is 7.31. The molecule has 3 saturated heterocycles. The molecule has 3 aliphatic rings. The second-order valence-electron chi connectivity index (χ2n) is 9.10. The Morgan fingerprint density at radius 2 is 2.15 bits per heavy atom. The number of nitrogens with zero attached hydrogens (tertiary/aromatic N) is 2. The van der Waals surface area contributed by atoms with E-state index in [1.165, 1.54) is 0 Å². The van der Waals surface area contributed by atoms with Crippen LogP contribution in [-0.4, -0.2) is 70.1 Å². The standard InChI is InChI=1S/C25H31ClN2O5S/c1-4-11-27(17-10-7-6-9-16(17)26)23(31)21-25-15(3)14-18(34-25)19(24(32)33-5-2)20(25)22(30)28(21)12-8-13-29/h4,6-7,9-10,15,18-21,29H,1,5,8,11-14H2,2-3H3/t15?,18-,19+,20-,21?,25?/m0/s1. The Hall–Kier alpha value is -2.03. The molecular weight excluding hydrogens is 476 g/mol. The van der Waals surface area contributed by atoms with Gasteiger partial charge in [0.2, 0.25) is 5.91 Å². The van der Waals surface area contributed by atoms with Crippen LogP contribution in [0.5, 0.6) is 0 Å². The van der Waals surface area contributed by atoms with Crippen molar-refractivity contribution < 1.29 is 24.2 Å². The average molecular weight is 507 g/mol. The number of carbonyl (C=O) groups is 3. The normalized spacial score (nSPS) is 31.5. The molecule has 1 aromatic carbocycles. The Labute approximate surface area is 209 Å². The zero-order valence-electron chi connectivity index (χ0n) is 19.5. The highest BCUT2D eigenvalue weighted by atomic mass is 35.5. The summed E-state index contributed by atoms with van der Waals surface area (Å²) in [6.07, 6.45) is 2.72. The molecule has 0 aliphatic carbocycles. The quantitative estimate of drug-likeness (QED) is 0.409. The van der Waals surface area contributed by atoms with Gasteiger partial charge in [0.15, 0.2) is 0 Å². The van der Waals surface area contributed by atoms with Gasteiger partial charge in [-0.05, 0) is 37.8 Å². The number of amides is 2. The average Bonchev–Trinajstić information content (AvgIpc) is 3.40. The first-order valence-corrected chi connectivity index (χ1v) is 13.0. The van der Waals surface area contributed by atoms with Crippen molar-refractivity contribution in [3.63, 3.8) is 0 Å². The number of aliphatic hydroxyl groups excluding tert-OH is 1. The molecule has 2 amide bonds. The lowest BCUT2D eigenvalue weighted by Crippen LogP contribution is -2.57. The Balaban J connectivity index is 1.81. The van der Waals surface area contributed by atoms with Gasteiger partial charge < -0.3 is 19.6 Å². The van der Waals surface area contributed by atoms with Gasteiger partial charge in [-0.3, -0.25) is 14.4 Å². The van der Waals surface area contributed by atoms with Gasteiger partial charge in [0.25, 0.3) is 5.91 Å². The Morgan fingerprint density at radius 3 is 2.79 bits per heavy atom. The minimum absolute atomic E-state index is 0.0482. The van der Waals surface area contributed by atoms with Gasteiger partial charge in [-0.2, -0.15) is 0 Å². The molecule has 0 saturated carbocycles. The number of rotatable bonds is 9. The molecule has 1 N–H and O–H groups in total. The molecule has 7 nitrogen and oxygen atoms in total. The van der Waals surface area contributed by atoms with Crippen molar-refractivity contribution in [2.24, 2.45) is 17.8 Å². The number of hydrogen-bond donors (Lipinski definition) is 1. The van der Waals surface area contributed by atoms with Gasteiger partial charge in [0, 0.05) is 24.9 Å². The molecular formula is C25H31ClN2O5S. The highest BCUT2D eigenvalue weighted by Gasteiger charge is 2.76. The number of para-hydroxylation sites is 1. The summed E-state index contributed by atoms with van der Waals surface area (Å²) in [4.78, 5) is 44.3. The van der Waals surface area contributed by atoms with Crippen LogP contribution in [-0.2, 0) is 19.1 Å². The van der Waals surface area contributed by atoms with Crippen molar-refractivity contribution in [2.45, 2.75) is 42.7 Å². The van der Waals surface area contributed by atoms with Gasteiger partial charge in [-0.1, -0.05) is 36.7 Å². The van der Waals surface area contributed by atoms with Gasteiger partial charge in [0.05, 0.1) is 33.9 Å². The molecule has 34 heavy (non-hydrogen) atoms. The third-order valence-electron chi connectivity index (χ3n) is 7.32. The summed E-state index contributed by atoms with van der Waals surface area (Å²) < 4.78 is 4.62. The number of thioether (sulfide) groups is 1. The van der Waals surface area contributed by atoms with Crippen LogP contribution in [0.3, 0.4) is 0 Å². The molecule has 1 spiro atoms. The van der Waals surface area contributed by atoms with Crippen LogP contribution in [0.1, 0.15) is 26.7 Å². The van der Waals surface area contributed by atoms with Crippen LogP contribution in [0.25, 0.3) is 0 Å². The second kappa shape index (κ2) is 9.91. The fraction of sp³-hybridized carbons (Fsp3) is 0.560. The SMILES string of the molecule is C=CCN(C(=O)C1N(CCCO)C(=O)[C@@H]2[C@H](C(=O)OCC)[C@@H]3CC(C)C12S3)c1ccccc1Cl. The molecule has 6 atom stereocenters. The van der Waals surface area contributed by atoms with E-state index in [0.29, 0.717) is 17.1 Å². The van der Waals surface area contributed by atoms with E-state index in [4.69, 9.17) is 16.3 Å². The molecule has 3 fully saturated rings. The van der Waals surface area contributed by atoms with Crippen LogP contribution in [0, 0.1) is 17.8 Å². The molecule has 3 aliphatic heterocycles. The van der Waals surface area contributed by atoms with Crippen molar-refractivity contribution in [3.8, 4) is 0 Å². The first-order chi connectivity index (χ1) is 16.3. The first-order valence-electron chi connectivity index (χ1n) is 11.8. The maximum absolute atomic E-state index is 14.3. The number of hydrogen-bond acceptors (Lipinski definition) is 6. The number of benzene rings is 1. The van der Waals surface area contributed by atoms with Crippen LogP contribution in [0.4, 0.5) is 5.69 Å². The minimum Gasteiger partial charge on any atom is -0.466 e. The predicted octanol–water partition coefficient (Wildman–Crippen LogP) is 3.14. The molecule has 184 valence electrons. The number of halogens is 1. The minimum atomic E-state index is -0.780. The molecule has 2 bridgehead atoms. The maximum Gasteiger partial charge on any atom is 0.310 e. The molecule has 9 heteroatoms. The number of carbonyl (C=O) groups excluding carboxylic acids is 3. The largest absolute Gasteiger partial charge is 0.466 e. The van der Waals surface area contributed by atoms with E-state index in [1.807, 2.05) is 6.07 Å². The smallest absolute Gasteiger partial charge is 0.310 e. The number of likely N-dealkylation sites (tertiary alicyclic amines) is 1. The van der Waals surface area contributed by atoms with Gasteiger partial charge in [-0.15, -0.1) is 18.3 Å². The second-order valence-corrected chi connectivity index (χ2v) is 11.1. The maximum atomic E-state index is 14.3. The van der Waals surface area contributed by atoms with Crippen molar-refractivity contribution >= 4 is 46.8 Å². The number of ether oxygens (including phenoxy) is 1. The zero-order valence-corrected chi connectivity index (χ0v) is 21.1. The zero-order chi connectivity index (χ0) is 24.6.